The molecule has 0 radical (unpaired) electrons. The van der Waals surface area contributed by atoms with Gasteiger partial charge >= 0.3 is 11.7 Å². The zero-order valence-electron chi connectivity index (χ0n) is 20.3. The Hall–Kier alpha value is -4.34. The highest BCUT2D eigenvalue weighted by atomic mass is 19.3. The minimum Gasteiger partial charge on any atom is -0.496 e. The summed E-state index contributed by atoms with van der Waals surface area (Å²) in [7, 11) is 1.54. The molecule has 0 atom stereocenters. The number of benzene rings is 2. The summed E-state index contributed by atoms with van der Waals surface area (Å²) in [6.07, 6.45) is 2.87. The fourth-order valence-electron chi connectivity index (χ4n) is 4.05. The lowest BCUT2D eigenvalue weighted by atomic mass is 10.00. The average Bonchev–Trinajstić information content (AvgIpc) is 3.17. The van der Waals surface area contributed by atoms with Crippen molar-refractivity contribution in [2.24, 2.45) is 0 Å². The summed E-state index contributed by atoms with van der Waals surface area (Å²) < 4.78 is 34.5. The number of carbonyl (C=O) groups is 1. The van der Waals surface area contributed by atoms with Gasteiger partial charge in [0.15, 0.2) is 11.5 Å². The van der Waals surface area contributed by atoms with Crippen LogP contribution in [0.15, 0.2) is 54.9 Å². The minimum absolute atomic E-state index is 0.0645. The number of ether oxygens (including phenoxy) is 1. The number of aryl methyl sites for hydroxylation is 1. The molecule has 0 fully saturated rings. The van der Waals surface area contributed by atoms with E-state index in [9.17, 15) is 18.8 Å². The molecular weight excluding hydrogens is 468 g/mol. The molecule has 10 heteroatoms. The van der Waals surface area contributed by atoms with Gasteiger partial charge in [0.2, 0.25) is 0 Å². The van der Waals surface area contributed by atoms with Crippen molar-refractivity contribution >= 4 is 11.6 Å². The van der Waals surface area contributed by atoms with Crippen molar-refractivity contribution in [1.82, 2.24) is 15.0 Å². The number of nitrogens with one attached hydrogen (secondary N) is 2. The highest BCUT2D eigenvalue weighted by Crippen LogP contribution is 2.36. The van der Waals surface area contributed by atoms with Crippen LogP contribution in [-0.2, 0) is 5.92 Å². The summed E-state index contributed by atoms with van der Waals surface area (Å²) in [6.45, 7) is 4.85. The first-order valence-corrected chi connectivity index (χ1v) is 11.3. The Bertz CT molecular complexity index is 1420. The molecule has 36 heavy (non-hydrogen) atoms. The van der Waals surface area contributed by atoms with Gasteiger partial charge in [0, 0.05) is 37.0 Å². The topological polar surface area (TPSA) is 104 Å². The van der Waals surface area contributed by atoms with Crippen molar-refractivity contribution in [1.29, 1.82) is 0 Å². The standard InChI is InChI=1S/C26H25F2N5O3/c1-5-26(27,28)17-8-6-9-18(14-17)32-25(34)22-16(3)31-24(33(22)35)19-10-11-20(36-4)21(15(19)2)23-29-12-7-13-30-23/h6-14,35H,5H2,1-4H3,(H,32,34)/p+1. The maximum absolute atomic E-state index is 14.1. The lowest BCUT2D eigenvalue weighted by Gasteiger charge is -2.15. The number of imidazole rings is 1. The van der Waals surface area contributed by atoms with Crippen LogP contribution in [0.4, 0.5) is 14.5 Å². The number of aromatic nitrogens is 4. The second-order valence-electron chi connectivity index (χ2n) is 8.24. The van der Waals surface area contributed by atoms with E-state index in [0.29, 0.717) is 34.0 Å². The van der Waals surface area contributed by atoms with Crippen LogP contribution in [0.1, 0.15) is 40.7 Å². The second kappa shape index (κ2) is 9.73. The van der Waals surface area contributed by atoms with Gasteiger partial charge < -0.3 is 15.3 Å². The molecule has 2 aromatic carbocycles. The van der Waals surface area contributed by atoms with E-state index in [2.05, 4.69) is 20.3 Å². The van der Waals surface area contributed by atoms with Gasteiger partial charge in [-0.3, -0.25) is 4.79 Å². The van der Waals surface area contributed by atoms with E-state index in [0.717, 1.165) is 4.73 Å². The SMILES string of the molecule is CCC(F)(F)c1cccc(NC(=O)c2c(C)[nH]c(-c3ccc(OC)c(-c4ncccn4)c3C)[n+]2O)c1. The Balaban J connectivity index is 1.72. The summed E-state index contributed by atoms with van der Waals surface area (Å²) in [4.78, 5) is 24.7. The van der Waals surface area contributed by atoms with Gasteiger partial charge in [-0.1, -0.05) is 19.1 Å². The van der Waals surface area contributed by atoms with Crippen LogP contribution in [0, 0.1) is 13.8 Å². The number of hydrogen-bond donors (Lipinski definition) is 3. The van der Waals surface area contributed by atoms with Gasteiger partial charge in [0.05, 0.1) is 18.2 Å². The molecule has 1 amide bonds. The number of carbonyl (C=O) groups excluding carboxylic acids is 1. The molecule has 3 N–H and O–H groups in total. The molecule has 0 unspecified atom stereocenters. The van der Waals surface area contributed by atoms with Crippen LogP contribution >= 0.6 is 0 Å². The second-order valence-corrected chi connectivity index (χ2v) is 8.24. The molecule has 0 aliphatic heterocycles. The molecule has 186 valence electrons. The molecule has 0 aliphatic carbocycles. The zero-order chi connectivity index (χ0) is 26.0. The van der Waals surface area contributed by atoms with Crippen molar-refractivity contribution in [2.75, 3.05) is 12.4 Å². The first kappa shape index (κ1) is 24.8. The monoisotopic (exact) mass is 494 g/mol. The smallest absolute Gasteiger partial charge is 0.327 e. The van der Waals surface area contributed by atoms with Crippen molar-refractivity contribution in [3.05, 3.63) is 77.4 Å². The summed E-state index contributed by atoms with van der Waals surface area (Å²) in [5.41, 5.74) is 2.26. The summed E-state index contributed by atoms with van der Waals surface area (Å²) >= 11 is 0. The number of methoxy groups -OCH3 is 1. The molecular formula is C26H26F2N5O3+. The van der Waals surface area contributed by atoms with E-state index in [-0.39, 0.29) is 29.2 Å². The van der Waals surface area contributed by atoms with E-state index in [1.807, 2.05) is 6.92 Å². The van der Waals surface area contributed by atoms with Crippen LogP contribution in [0.2, 0.25) is 0 Å². The van der Waals surface area contributed by atoms with Crippen LogP contribution < -0.4 is 14.8 Å². The first-order valence-electron chi connectivity index (χ1n) is 11.3. The molecule has 2 heterocycles. The lowest BCUT2D eigenvalue weighted by molar-refractivity contribution is -0.896. The number of anilines is 1. The van der Waals surface area contributed by atoms with E-state index in [1.165, 1.54) is 31.2 Å². The summed E-state index contributed by atoms with van der Waals surface area (Å²) in [5, 5.41) is 13.6. The highest BCUT2D eigenvalue weighted by molar-refractivity contribution is 6.02. The van der Waals surface area contributed by atoms with Crippen molar-refractivity contribution < 1.29 is 28.2 Å². The lowest BCUT2D eigenvalue weighted by Crippen LogP contribution is -2.39. The Morgan fingerprint density at radius 1 is 1.17 bits per heavy atom. The number of aromatic amines is 1. The number of nitrogens with zero attached hydrogens (tertiary/aromatic N) is 3. The summed E-state index contributed by atoms with van der Waals surface area (Å²) in [6, 6.07) is 10.7. The molecule has 4 aromatic rings. The van der Waals surface area contributed by atoms with E-state index in [4.69, 9.17) is 4.74 Å². The van der Waals surface area contributed by atoms with Crippen LogP contribution in [-0.4, -0.2) is 33.2 Å². The quantitative estimate of drug-likeness (QED) is 0.247. The summed E-state index contributed by atoms with van der Waals surface area (Å²) in [5.74, 6) is -2.42. The van der Waals surface area contributed by atoms with Gasteiger partial charge in [-0.05, 0) is 47.5 Å². The van der Waals surface area contributed by atoms with E-state index >= 15 is 0 Å². The Morgan fingerprint density at radius 2 is 1.89 bits per heavy atom. The fourth-order valence-corrected chi connectivity index (χ4v) is 4.05. The zero-order valence-corrected chi connectivity index (χ0v) is 20.3. The third kappa shape index (κ3) is 4.49. The molecule has 0 bridgehead atoms. The Morgan fingerprint density at radius 3 is 2.56 bits per heavy atom. The number of rotatable bonds is 7. The maximum Gasteiger partial charge on any atom is 0.327 e. The molecule has 8 nitrogen and oxygen atoms in total. The number of alkyl halides is 2. The predicted octanol–water partition coefficient (Wildman–Crippen LogP) is 5.04. The first-order chi connectivity index (χ1) is 17.2. The molecule has 0 aliphatic rings. The van der Waals surface area contributed by atoms with Crippen LogP contribution in [0.3, 0.4) is 0 Å². The third-order valence-electron chi connectivity index (χ3n) is 5.98. The normalized spacial score (nSPS) is 11.4. The average molecular weight is 495 g/mol. The largest absolute Gasteiger partial charge is 0.496 e. The number of hydrogen-bond acceptors (Lipinski definition) is 5. The van der Waals surface area contributed by atoms with Crippen molar-refractivity contribution in [3.8, 4) is 28.5 Å². The maximum atomic E-state index is 14.1. The Kier molecular flexibility index (Phi) is 6.69. The third-order valence-corrected chi connectivity index (χ3v) is 5.98. The van der Waals surface area contributed by atoms with Gasteiger partial charge in [0.25, 0.3) is 11.6 Å². The molecule has 0 saturated carbocycles. The number of amides is 1. The van der Waals surface area contributed by atoms with Gasteiger partial charge in [-0.25, -0.2) is 23.7 Å². The van der Waals surface area contributed by atoms with Crippen LogP contribution in [0.25, 0.3) is 22.8 Å². The molecule has 0 spiro atoms. The van der Waals surface area contributed by atoms with E-state index in [1.54, 1.807) is 44.6 Å². The van der Waals surface area contributed by atoms with Gasteiger partial charge in [-0.15, -0.1) is 0 Å². The highest BCUT2D eigenvalue weighted by Gasteiger charge is 2.32. The minimum atomic E-state index is -3.01. The molecule has 2 aromatic heterocycles. The van der Waals surface area contributed by atoms with Crippen molar-refractivity contribution in [2.45, 2.75) is 33.1 Å². The molecule has 4 rings (SSSR count). The van der Waals surface area contributed by atoms with Gasteiger partial charge in [0.1, 0.15) is 5.75 Å². The predicted molar refractivity (Wildman–Crippen MR) is 129 cm³/mol. The number of halogens is 2. The van der Waals surface area contributed by atoms with Crippen molar-refractivity contribution in [3.63, 3.8) is 0 Å². The van der Waals surface area contributed by atoms with Gasteiger partial charge in [-0.2, -0.15) is 0 Å². The fraction of sp³-hybridized carbons (Fsp3) is 0.231. The Labute approximate surface area is 206 Å². The molecule has 0 saturated heterocycles. The van der Waals surface area contributed by atoms with E-state index < -0.39 is 11.8 Å². The van der Waals surface area contributed by atoms with Crippen LogP contribution in [0.5, 0.6) is 5.75 Å². The number of H-pyrrole nitrogens is 1.